The Labute approximate surface area is 466 Å². The van der Waals surface area contributed by atoms with Gasteiger partial charge in [-0.05, 0) is 142 Å². The predicted molar refractivity (Wildman–Crippen MR) is 311 cm³/mol. The summed E-state index contributed by atoms with van der Waals surface area (Å²) in [7, 11) is 0. The molecule has 0 saturated carbocycles. The Hall–Kier alpha value is -7.82. The van der Waals surface area contributed by atoms with Gasteiger partial charge < -0.3 is 18.6 Å². The summed E-state index contributed by atoms with van der Waals surface area (Å²) < 4.78 is 295. The van der Waals surface area contributed by atoms with Crippen molar-refractivity contribution in [3.05, 3.63) is 204 Å². The van der Waals surface area contributed by atoms with Gasteiger partial charge in [-0.3, -0.25) is 0 Å². The van der Waals surface area contributed by atoms with Crippen LogP contribution >= 0.6 is 0 Å². The molecular formula is C68H62N4. The predicted octanol–water partition coefficient (Wildman–Crippen LogP) is 19.8. The number of anilines is 6. The zero-order chi connectivity index (χ0) is 76.3. The SMILES string of the molecule is [2H]c1c([2H])c(C([2H])(C)C([2H])([2H])[2H])c([2H])c([2H])c1N(c1ccccc1)c1c([2H])c([2H])c2c3c([2H])c4c(c([2H])c3n3c5c([2H])c([2H])c(C(C)(C)C)c([2H])c5c1c23)c1c([2H])c([2H])c(N(c2ccccc2)c2c([2H])c([2H])c(C([2H])(C([2H])([2H])[2H])C([2H])([2H])[2H])c([2H])c2[2H])c2c3c([2H])c(C(C)(C)C)c([2H])c([2H])c3n4c12. The minimum Gasteiger partial charge on any atom is -0.310 e. The molecule has 4 aromatic heterocycles. The first kappa shape index (κ1) is 22.3. The van der Waals surface area contributed by atoms with Crippen LogP contribution in [0.1, 0.15) is 146 Å². The van der Waals surface area contributed by atoms with Crippen LogP contribution in [0, 0.1) is 0 Å². The van der Waals surface area contributed by atoms with Gasteiger partial charge in [0.1, 0.15) is 0 Å². The van der Waals surface area contributed by atoms with E-state index in [2.05, 4.69) is 0 Å². The second kappa shape index (κ2) is 15.8. The maximum atomic E-state index is 10.8. The number of para-hydroxylation sites is 2. The number of aromatic nitrogens is 2. The van der Waals surface area contributed by atoms with Crippen molar-refractivity contribution >= 4 is 110 Å². The molecule has 0 aliphatic heterocycles. The van der Waals surface area contributed by atoms with E-state index in [1.807, 2.05) is 0 Å². The normalized spacial score (nSPS) is 20.5. The van der Waals surface area contributed by atoms with Crippen LogP contribution in [0.15, 0.2) is 182 Å². The molecule has 0 amide bonds. The van der Waals surface area contributed by atoms with Crippen LogP contribution in [0.25, 0.3) is 76.2 Å². The van der Waals surface area contributed by atoms with Gasteiger partial charge in [0.2, 0.25) is 0 Å². The summed E-state index contributed by atoms with van der Waals surface area (Å²) in [6, 6.07) is -0.886. The average molecular weight is 966 g/mol. The molecule has 4 heterocycles. The molecule has 0 aliphatic rings. The number of hydrogen-bond donors (Lipinski definition) is 0. The van der Waals surface area contributed by atoms with E-state index >= 15 is 0 Å². The number of hydrogen-bond acceptors (Lipinski definition) is 2. The Kier molecular flexibility index (Phi) is 4.91. The van der Waals surface area contributed by atoms with E-state index in [9.17, 15) is 27.4 Å². The largest absolute Gasteiger partial charge is 0.310 e. The van der Waals surface area contributed by atoms with Crippen LogP contribution in [-0.4, -0.2) is 8.80 Å². The van der Waals surface area contributed by atoms with Crippen molar-refractivity contribution in [1.29, 1.82) is 0 Å². The van der Waals surface area contributed by atoms with E-state index in [1.54, 1.807) is 53.7 Å². The zero-order valence-electron chi connectivity index (χ0n) is 71.1. The topological polar surface area (TPSA) is 15.3 Å². The lowest BCUT2D eigenvalue weighted by atomic mass is 9.86. The third-order valence-electron chi connectivity index (χ3n) is 13.2. The molecule has 9 aromatic carbocycles. The van der Waals surface area contributed by atoms with Gasteiger partial charge in [0.15, 0.2) is 0 Å². The van der Waals surface area contributed by atoms with Crippen molar-refractivity contribution in [1.82, 2.24) is 8.80 Å². The van der Waals surface area contributed by atoms with Crippen LogP contribution in [0.3, 0.4) is 0 Å². The van der Waals surface area contributed by atoms with Gasteiger partial charge >= 0.3 is 0 Å². The highest BCUT2D eigenvalue weighted by atomic mass is 15.2. The Morgan fingerprint density at radius 1 is 0.417 bits per heavy atom. The fourth-order valence-corrected chi connectivity index (χ4v) is 9.72. The monoisotopic (exact) mass is 966 g/mol. The maximum absolute atomic E-state index is 10.8. The van der Waals surface area contributed by atoms with Crippen molar-refractivity contribution in [2.45, 2.75) is 91.6 Å². The highest BCUT2D eigenvalue weighted by molar-refractivity contribution is 6.32. The van der Waals surface area contributed by atoms with Gasteiger partial charge in [0, 0.05) is 80.9 Å². The first-order chi connectivity index (χ1) is 47.4. The fraction of sp³-hybridized carbons (Fsp3) is 0.206. The molecule has 0 N–H and O–H groups in total. The Morgan fingerprint density at radius 2 is 0.819 bits per heavy atom. The van der Waals surface area contributed by atoms with E-state index in [0.717, 1.165) is 16.7 Å². The Balaban J connectivity index is 1.29. The van der Waals surface area contributed by atoms with E-state index in [1.165, 1.54) is 57.3 Å². The van der Waals surface area contributed by atoms with Crippen molar-refractivity contribution in [2.75, 3.05) is 9.80 Å². The molecule has 1 unspecified atom stereocenters. The van der Waals surface area contributed by atoms with Crippen molar-refractivity contribution < 1.29 is 42.5 Å². The van der Waals surface area contributed by atoms with E-state index in [0.29, 0.717) is 0 Å². The van der Waals surface area contributed by atoms with E-state index in [4.69, 9.17) is 15.1 Å². The molecular weight excluding hydrogens is 873 g/mol. The van der Waals surface area contributed by atoms with Gasteiger partial charge in [-0.15, -0.1) is 0 Å². The second-order valence-corrected chi connectivity index (χ2v) is 20.0. The van der Waals surface area contributed by atoms with Crippen LogP contribution in [0.2, 0.25) is 0 Å². The molecule has 4 heteroatoms. The third kappa shape index (κ3) is 6.57. The quantitative estimate of drug-likeness (QED) is 0.151. The number of fused-ring (bicyclic) bond motifs is 12. The highest BCUT2D eigenvalue weighted by Crippen LogP contribution is 2.52. The standard InChI is InChI=1S/C68H62N4/c1-41(2)43-21-27-49(28-22-43)69(47-17-13-11-14-18-47)59-35-31-51-53-39-62-54(40-61(53)71-57-33-25-45(67(5,6)7)37-55(57)63(59)65(51)71)52-32-36-60(64-56-38-46(68(8,9)10)26-34-58(56)72(62)66(52)64)70(48-19-15-12-16-20-48)50-29-23-44(24-30-50)42(3)4/h11-42H,1-10H3/i1D3,2D3,3D3,21D,22D,23D,24D,25D,26D,27D,28D,29D,30D,31D,32D,33D,34D,35D,36D,37D,38D,39D,40D,41D,42D. The molecule has 0 radical (unpaired) electrons. The molecule has 0 bridgehead atoms. The summed E-state index contributed by atoms with van der Waals surface area (Å²) in [6.07, 6.45) is 0. The van der Waals surface area contributed by atoms with Crippen molar-refractivity contribution in [3.8, 4) is 0 Å². The van der Waals surface area contributed by atoms with Crippen LogP contribution < -0.4 is 9.80 Å². The molecule has 13 rings (SSSR count). The number of nitrogens with zero attached hydrogens (tertiary/aromatic N) is 4. The third-order valence-corrected chi connectivity index (χ3v) is 13.2. The van der Waals surface area contributed by atoms with Crippen molar-refractivity contribution in [3.63, 3.8) is 0 Å². The minimum atomic E-state index is -3.80. The summed E-state index contributed by atoms with van der Waals surface area (Å²) in [5, 5.41) is -2.19. The Morgan fingerprint density at radius 3 is 1.21 bits per heavy atom. The van der Waals surface area contributed by atoms with Gasteiger partial charge in [0.25, 0.3) is 0 Å². The molecule has 4 nitrogen and oxygen atoms in total. The maximum Gasteiger partial charge on any atom is 0.0653 e. The van der Waals surface area contributed by atoms with Gasteiger partial charge in [-0.2, -0.15) is 0 Å². The molecule has 72 heavy (non-hydrogen) atoms. The van der Waals surface area contributed by atoms with Gasteiger partial charge in [-0.25, -0.2) is 0 Å². The lowest BCUT2D eigenvalue weighted by Gasteiger charge is -2.27. The zero-order valence-corrected chi connectivity index (χ0v) is 40.1. The molecule has 1 atom stereocenters. The minimum absolute atomic E-state index is 0.00220. The van der Waals surface area contributed by atoms with Crippen LogP contribution in [-0.2, 0) is 10.8 Å². The van der Waals surface area contributed by atoms with Gasteiger partial charge in [-0.1, -0.05) is 154 Å². The molecule has 0 aliphatic carbocycles. The summed E-state index contributed by atoms with van der Waals surface area (Å²) in [4.78, 5) is 2.14. The van der Waals surface area contributed by atoms with Crippen LogP contribution in [0.4, 0.5) is 34.1 Å². The second-order valence-electron chi connectivity index (χ2n) is 20.0. The van der Waals surface area contributed by atoms with E-state index in [-0.39, 0.29) is 98.7 Å². The molecule has 13 aromatic rings. The lowest BCUT2D eigenvalue weighted by Crippen LogP contribution is -2.11. The summed E-state index contributed by atoms with van der Waals surface area (Å²) in [5.41, 5.74) is -8.47. The first-order valence-corrected chi connectivity index (χ1v) is 23.3. The summed E-state index contributed by atoms with van der Waals surface area (Å²) in [6.45, 7) is 0.212. The Bertz CT molecular complexity index is 5820. The molecule has 0 saturated heterocycles. The van der Waals surface area contributed by atoms with E-state index < -0.39 is 198 Å². The summed E-state index contributed by atoms with van der Waals surface area (Å²) >= 11 is 0. The highest BCUT2D eigenvalue weighted by Gasteiger charge is 2.29. The summed E-state index contributed by atoms with van der Waals surface area (Å²) in [5.74, 6) is -6.50. The number of rotatable bonds is 8. The fourth-order valence-electron chi connectivity index (χ4n) is 9.72. The lowest BCUT2D eigenvalue weighted by molar-refractivity contribution is 0.591. The smallest absolute Gasteiger partial charge is 0.0653 e. The number of benzene rings is 9. The van der Waals surface area contributed by atoms with Crippen molar-refractivity contribution in [2.24, 2.45) is 0 Å². The first-order valence-electron chi connectivity index (χ1n) is 38.8. The molecule has 354 valence electrons. The van der Waals surface area contributed by atoms with Gasteiger partial charge in [0.05, 0.1) is 71.9 Å². The molecule has 0 fully saturated rings. The molecule has 0 spiro atoms. The average Bonchev–Trinajstić information content (AvgIpc) is 1.49. The van der Waals surface area contributed by atoms with Crippen LogP contribution in [0.5, 0.6) is 0 Å².